The second-order valence-electron chi connectivity index (χ2n) is 5.66. The maximum absolute atomic E-state index is 6.02. The molecule has 1 aliphatic heterocycles. The van der Waals surface area contributed by atoms with Crippen LogP contribution in [0.3, 0.4) is 0 Å². The SMILES string of the molecule is COc1cc(OC)cc(C2(C3(CN)CC3)COC2)c1. The van der Waals surface area contributed by atoms with E-state index in [2.05, 4.69) is 12.1 Å². The third kappa shape index (κ3) is 1.74. The molecule has 2 fully saturated rings. The molecule has 0 atom stereocenters. The summed E-state index contributed by atoms with van der Waals surface area (Å²) < 4.78 is 16.3. The van der Waals surface area contributed by atoms with E-state index in [9.17, 15) is 0 Å². The second kappa shape index (κ2) is 4.39. The lowest BCUT2D eigenvalue weighted by Crippen LogP contribution is -2.55. The van der Waals surface area contributed by atoms with Crippen molar-refractivity contribution in [1.82, 2.24) is 0 Å². The van der Waals surface area contributed by atoms with E-state index in [0.29, 0.717) is 0 Å². The number of ether oxygens (including phenoxy) is 3. The minimum Gasteiger partial charge on any atom is -0.497 e. The molecule has 19 heavy (non-hydrogen) atoms. The molecule has 1 aromatic rings. The van der Waals surface area contributed by atoms with Crippen molar-refractivity contribution in [2.24, 2.45) is 11.1 Å². The molecule has 0 spiro atoms. The van der Waals surface area contributed by atoms with Crippen LogP contribution in [0, 0.1) is 5.41 Å². The average Bonchev–Trinajstić information content (AvgIpc) is 3.18. The van der Waals surface area contributed by atoms with Crippen LogP contribution in [0.15, 0.2) is 18.2 Å². The zero-order valence-electron chi connectivity index (χ0n) is 11.6. The molecule has 4 nitrogen and oxygen atoms in total. The van der Waals surface area contributed by atoms with Crippen molar-refractivity contribution in [1.29, 1.82) is 0 Å². The van der Waals surface area contributed by atoms with Gasteiger partial charge in [-0.15, -0.1) is 0 Å². The van der Waals surface area contributed by atoms with E-state index in [1.807, 2.05) is 6.07 Å². The van der Waals surface area contributed by atoms with Gasteiger partial charge in [-0.25, -0.2) is 0 Å². The molecule has 1 aliphatic carbocycles. The number of rotatable bonds is 5. The quantitative estimate of drug-likeness (QED) is 0.878. The van der Waals surface area contributed by atoms with E-state index in [1.165, 1.54) is 18.4 Å². The number of hydrogen-bond donors (Lipinski definition) is 1. The van der Waals surface area contributed by atoms with Crippen molar-refractivity contribution >= 4 is 0 Å². The Morgan fingerprint density at radius 1 is 1.11 bits per heavy atom. The van der Waals surface area contributed by atoms with Crippen molar-refractivity contribution in [3.05, 3.63) is 23.8 Å². The fraction of sp³-hybridized carbons (Fsp3) is 0.600. The Hall–Kier alpha value is -1.26. The predicted molar refractivity (Wildman–Crippen MR) is 72.8 cm³/mol. The van der Waals surface area contributed by atoms with Crippen molar-refractivity contribution in [3.8, 4) is 11.5 Å². The van der Waals surface area contributed by atoms with Gasteiger partial charge in [0.1, 0.15) is 11.5 Å². The molecule has 104 valence electrons. The summed E-state index contributed by atoms with van der Waals surface area (Å²) in [5.41, 5.74) is 7.52. The van der Waals surface area contributed by atoms with Crippen molar-refractivity contribution in [2.75, 3.05) is 34.0 Å². The summed E-state index contributed by atoms with van der Waals surface area (Å²) in [7, 11) is 3.36. The van der Waals surface area contributed by atoms with E-state index >= 15 is 0 Å². The van der Waals surface area contributed by atoms with Crippen LogP contribution >= 0.6 is 0 Å². The largest absolute Gasteiger partial charge is 0.497 e. The first-order valence-electron chi connectivity index (χ1n) is 6.71. The monoisotopic (exact) mass is 263 g/mol. The van der Waals surface area contributed by atoms with Crippen LogP contribution < -0.4 is 15.2 Å². The standard InChI is InChI=1S/C15H21NO3/c1-17-12-5-11(6-13(7-12)18-2)15(9-19-10-15)14(8-16)3-4-14/h5-7H,3-4,8-10,16H2,1-2H3. The maximum Gasteiger partial charge on any atom is 0.122 e. The Morgan fingerprint density at radius 3 is 2.00 bits per heavy atom. The third-order valence-corrected chi connectivity index (χ3v) is 4.86. The zero-order chi connectivity index (χ0) is 13.5. The average molecular weight is 263 g/mol. The molecule has 2 N–H and O–H groups in total. The van der Waals surface area contributed by atoms with Crippen molar-refractivity contribution in [3.63, 3.8) is 0 Å². The van der Waals surface area contributed by atoms with E-state index < -0.39 is 0 Å². The Morgan fingerprint density at radius 2 is 1.68 bits per heavy atom. The summed E-state index contributed by atoms with van der Waals surface area (Å²) in [6, 6.07) is 6.10. The Labute approximate surface area is 113 Å². The fourth-order valence-electron chi connectivity index (χ4n) is 3.20. The van der Waals surface area contributed by atoms with Gasteiger partial charge in [-0.3, -0.25) is 0 Å². The molecule has 1 heterocycles. The van der Waals surface area contributed by atoms with Gasteiger partial charge in [-0.2, -0.15) is 0 Å². The maximum atomic E-state index is 6.02. The molecule has 1 saturated heterocycles. The minimum absolute atomic E-state index is 0.0452. The summed E-state index contributed by atoms with van der Waals surface area (Å²) in [4.78, 5) is 0. The van der Waals surface area contributed by atoms with Gasteiger partial charge in [-0.1, -0.05) is 0 Å². The normalized spacial score (nSPS) is 22.5. The molecule has 0 aromatic heterocycles. The molecule has 0 bridgehead atoms. The summed E-state index contributed by atoms with van der Waals surface area (Å²) in [5.74, 6) is 1.65. The predicted octanol–water partition coefficient (Wildman–Crippen LogP) is 1.71. The van der Waals surface area contributed by atoms with Gasteiger partial charge in [-0.05, 0) is 42.5 Å². The van der Waals surface area contributed by atoms with Crippen LogP contribution in [0.5, 0.6) is 11.5 Å². The first-order valence-corrected chi connectivity index (χ1v) is 6.71. The lowest BCUT2D eigenvalue weighted by Gasteiger charge is -2.48. The van der Waals surface area contributed by atoms with Gasteiger partial charge in [0.05, 0.1) is 27.4 Å². The topological polar surface area (TPSA) is 53.7 Å². The zero-order valence-corrected chi connectivity index (χ0v) is 11.6. The molecule has 0 radical (unpaired) electrons. The van der Waals surface area contributed by atoms with Gasteiger partial charge in [0.2, 0.25) is 0 Å². The van der Waals surface area contributed by atoms with Crippen molar-refractivity contribution in [2.45, 2.75) is 18.3 Å². The van der Waals surface area contributed by atoms with Crippen LogP contribution in [0.1, 0.15) is 18.4 Å². The smallest absolute Gasteiger partial charge is 0.122 e. The van der Waals surface area contributed by atoms with Crippen molar-refractivity contribution < 1.29 is 14.2 Å². The fourth-order valence-corrected chi connectivity index (χ4v) is 3.20. The molecule has 2 aliphatic rings. The first-order chi connectivity index (χ1) is 9.19. The number of methoxy groups -OCH3 is 2. The molecule has 3 rings (SSSR count). The lowest BCUT2D eigenvalue weighted by atomic mass is 9.66. The van der Waals surface area contributed by atoms with E-state index in [4.69, 9.17) is 19.9 Å². The molecule has 0 unspecified atom stereocenters. The van der Waals surface area contributed by atoms with Gasteiger partial charge >= 0.3 is 0 Å². The number of nitrogens with two attached hydrogens (primary N) is 1. The summed E-state index contributed by atoms with van der Waals surface area (Å²) >= 11 is 0. The molecule has 4 heteroatoms. The molecule has 1 aromatic carbocycles. The van der Waals surface area contributed by atoms with Gasteiger partial charge in [0, 0.05) is 11.5 Å². The highest BCUT2D eigenvalue weighted by atomic mass is 16.5. The summed E-state index contributed by atoms with van der Waals surface area (Å²) in [6.07, 6.45) is 2.37. The van der Waals surface area contributed by atoms with Crippen LogP contribution in [-0.2, 0) is 10.2 Å². The number of benzene rings is 1. The molecule has 1 saturated carbocycles. The van der Waals surface area contributed by atoms with E-state index in [1.54, 1.807) is 14.2 Å². The lowest BCUT2D eigenvalue weighted by molar-refractivity contribution is -0.0974. The summed E-state index contributed by atoms with van der Waals surface area (Å²) in [5, 5.41) is 0. The highest BCUT2D eigenvalue weighted by Gasteiger charge is 2.62. The summed E-state index contributed by atoms with van der Waals surface area (Å²) in [6.45, 7) is 2.22. The third-order valence-electron chi connectivity index (χ3n) is 4.86. The van der Waals surface area contributed by atoms with Crippen LogP contribution in [0.25, 0.3) is 0 Å². The van der Waals surface area contributed by atoms with Gasteiger partial charge in [0.25, 0.3) is 0 Å². The number of hydrogen-bond acceptors (Lipinski definition) is 4. The highest BCUT2D eigenvalue weighted by Crippen LogP contribution is 2.62. The molecular weight excluding hydrogens is 242 g/mol. The Balaban J connectivity index is 2.04. The van der Waals surface area contributed by atoms with Crippen LogP contribution in [-0.4, -0.2) is 34.0 Å². The van der Waals surface area contributed by atoms with Crippen LogP contribution in [0.4, 0.5) is 0 Å². The Bertz CT molecular complexity index is 456. The molecular formula is C15H21NO3. The Kier molecular flexibility index (Phi) is 2.95. The van der Waals surface area contributed by atoms with Crippen LogP contribution in [0.2, 0.25) is 0 Å². The minimum atomic E-state index is 0.0452. The molecule has 0 amide bonds. The van der Waals surface area contributed by atoms with E-state index in [0.717, 1.165) is 31.3 Å². The van der Waals surface area contributed by atoms with Gasteiger partial charge in [0.15, 0.2) is 0 Å². The first kappa shape index (κ1) is 12.8. The second-order valence-corrected chi connectivity index (χ2v) is 5.66. The highest BCUT2D eigenvalue weighted by molar-refractivity contribution is 5.45. The van der Waals surface area contributed by atoms with Gasteiger partial charge < -0.3 is 19.9 Å². The van der Waals surface area contributed by atoms with E-state index in [-0.39, 0.29) is 10.8 Å².